The predicted octanol–water partition coefficient (Wildman–Crippen LogP) is 2.07. The summed E-state index contributed by atoms with van der Waals surface area (Å²) in [5.74, 6) is 0. The minimum atomic E-state index is -0.129. The summed E-state index contributed by atoms with van der Waals surface area (Å²) in [5, 5.41) is 0. The standard InChI is InChI=1S/C10H15NO/c1-10(2,11-12-3)9-7-5-4-6-8-9/h4-8,11H,1-3H3. The molecule has 12 heavy (non-hydrogen) atoms. The molecule has 1 aromatic rings. The first-order chi connectivity index (χ1) is 5.67. The summed E-state index contributed by atoms with van der Waals surface area (Å²) in [6.07, 6.45) is 0. The van der Waals surface area contributed by atoms with Crippen LogP contribution in [0, 0.1) is 0 Å². The van der Waals surface area contributed by atoms with Crippen molar-refractivity contribution in [2.24, 2.45) is 0 Å². The number of hydroxylamine groups is 1. The van der Waals surface area contributed by atoms with Crippen molar-refractivity contribution in [1.82, 2.24) is 5.48 Å². The Hall–Kier alpha value is -0.860. The Bertz CT molecular complexity index is 231. The average molecular weight is 165 g/mol. The van der Waals surface area contributed by atoms with E-state index >= 15 is 0 Å². The van der Waals surface area contributed by atoms with E-state index in [0.29, 0.717) is 0 Å². The van der Waals surface area contributed by atoms with Gasteiger partial charge in [-0.25, -0.2) is 0 Å². The zero-order valence-electron chi connectivity index (χ0n) is 7.79. The Morgan fingerprint density at radius 2 is 1.75 bits per heavy atom. The Labute approximate surface area is 73.5 Å². The number of hydrogen-bond donors (Lipinski definition) is 1. The van der Waals surface area contributed by atoms with Gasteiger partial charge in [-0.05, 0) is 19.4 Å². The van der Waals surface area contributed by atoms with Crippen molar-refractivity contribution in [1.29, 1.82) is 0 Å². The van der Waals surface area contributed by atoms with E-state index in [4.69, 9.17) is 4.84 Å². The third-order valence-electron chi connectivity index (χ3n) is 1.85. The highest BCUT2D eigenvalue weighted by Crippen LogP contribution is 2.18. The normalized spacial score (nSPS) is 11.6. The van der Waals surface area contributed by atoms with Crippen LogP contribution >= 0.6 is 0 Å². The van der Waals surface area contributed by atoms with Crippen LogP contribution in [0.2, 0.25) is 0 Å². The largest absolute Gasteiger partial charge is 0.304 e. The highest BCUT2D eigenvalue weighted by molar-refractivity contribution is 5.21. The molecule has 1 rings (SSSR count). The van der Waals surface area contributed by atoms with E-state index in [1.807, 2.05) is 18.2 Å². The highest BCUT2D eigenvalue weighted by atomic mass is 16.6. The van der Waals surface area contributed by atoms with Gasteiger partial charge in [-0.15, -0.1) is 0 Å². The summed E-state index contributed by atoms with van der Waals surface area (Å²) in [7, 11) is 1.63. The van der Waals surface area contributed by atoms with E-state index in [9.17, 15) is 0 Å². The molecule has 0 atom stereocenters. The Balaban J connectivity index is 2.82. The van der Waals surface area contributed by atoms with Gasteiger partial charge in [-0.3, -0.25) is 0 Å². The molecule has 2 heteroatoms. The summed E-state index contributed by atoms with van der Waals surface area (Å²) in [6, 6.07) is 10.2. The quantitative estimate of drug-likeness (QED) is 0.692. The molecule has 0 heterocycles. The van der Waals surface area contributed by atoms with E-state index in [0.717, 1.165) is 0 Å². The molecule has 0 aliphatic rings. The summed E-state index contributed by atoms with van der Waals surface area (Å²) in [4.78, 5) is 4.91. The lowest BCUT2D eigenvalue weighted by molar-refractivity contribution is 0.0257. The molecule has 0 unspecified atom stereocenters. The van der Waals surface area contributed by atoms with Crippen LogP contribution in [0.25, 0.3) is 0 Å². The van der Waals surface area contributed by atoms with Crippen LogP contribution in [-0.2, 0) is 10.4 Å². The van der Waals surface area contributed by atoms with Crippen LogP contribution in [0.15, 0.2) is 30.3 Å². The molecule has 2 nitrogen and oxygen atoms in total. The smallest absolute Gasteiger partial charge is 0.0624 e. The molecular formula is C10H15NO. The van der Waals surface area contributed by atoms with Gasteiger partial charge in [0.25, 0.3) is 0 Å². The fraction of sp³-hybridized carbons (Fsp3) is 0.400. The van der Waals surface area contributed by atoms with Crippen molar-refractivity contribution < 1.29 is 4.84 Å². The van der Waals surface area contributed by atoms with Gasteiger partial charge in [0.2, 0.25) is 0 Å². The van der Waals surface area contributed by atoms with Gasteiger partial charge in [0.05, 0.1) is 12.6 Å². The minimum absolute atomic E-state index is 0.129. The summed E-state index contributed by atoms with van der Waals surface area (Å²) < 4.78 is 0. The number of benzene rings is 1. The van der Waals surface area contributed by atoms with Crippen LogP contribution in [0.1, 0.15) is 19.4 Å². The zero-order chi connectivity index (χ0) is 9.03. The molecule has 0 aromatic heterocycles. The van der Waals surface area contributed by atoms with Crippen LogP contribution in [-0.4, -0.2) is 7.11 Å². The van der Waals surface area contributed by atoms with Crippen molar-refractivity contribution in [2.45, 2.75) is 19.4 Å². The fourth-order valence-electron chi connectivity index (χ4n) is 1.17. The van der Waals surface area contributed by atoms with Gasteiger partial charge in [0, 0.05) is 0 Å². The minimum Gasteiger partial charge on any atom is -0.304 e. The number of hydrogen-bond acceptors (Lipinski definition) is 2. The van der Waals surface area contributed by atoms with E-state index in [1.54, 1.807) is 7.11 Å². The molecule has 1 aromatic carbocycles. The predicted molar refractivity (Wildman–Crippen MR) is 49.6 cm³/mol. The first-order valence-electron chi connectivity index (χ1n) is 4.02. The Kier molecular flexibility index (Phi) is 2.84. The molecule has 66 valence electrons. The number of rotatable bonds is 3. The van der Waals surface area contributed by atoms with E-state index in [-0.39, 0.29) is 5.54 Å². The molecule has 0 saturated carbocycles. The maximum atomic E-state index is 4.91. The number of nitrogens with one attached hydrogen (secondary N) is 1. The summed E-state index contributed by atoms with van der Waals surface area (Å²) >= 11 is 0. The van der Waals surface area contributed by atoms with Crippen molar-refractivity contribution >= 4 is 0 Å². The summed E-state index contributed by atoms with van der Waals surface area (Å²) in [6.45, 7) is 4.15. The molecular weight excluding hydrogens is 150 g/mol. The molecule has 0 amide bonds. The lowest BCUT2D eigenvalue weighted by Gasteiger charge is -2.24. The molecule has 0 saturated heterocycles. The molecule has 0 aliphatic carbocycles. The lowest BCUT2D eigenvalue weighted by atomic mass is 9.96. The van der Waals surface area contributed by atoms with Gasteiger partial charge >= 0.3 is 0 Å². The maximum Gasteiger partial charge on any atom is 0.0624 e. The average Bonchev–Trinajstić information content (AvgIpc) is 2.06. The SMILES string of the molecule is CONC(C)(C)c1ccccc1. The molecule has 1 N–H and O–H groups in total. The van der Waals surface area contributed by atoms with E-state index in [1.165, 1.54) is 5.56 Å². The van der Waals surface area contributed by atoms with Gasteiger partial charge in [-0.1, -0.05) is 30.3 Å². The van der Waals surface area contributed by atoms with Gasteiger partial charge in [0.1, 0.15) is 0 Å². The maximum absolute atomic E-state index is 4.91. The van der Waals surface area contributed by atoms with E-state index < -0.39 is 0 Å². The second-order valence-electron chi connectivity index (χ2n) is 3.30. The first kappa shape index (κ1) is 9.23. The van der Waals surface area contributed by atoms with Crippen LogP contribution in [0.3, 0.4) is 0 Å². The second-order valence-corrected chi connectivity index (χ2v) is 3.30. The second kappa shape index (κ2) is 3.70. The highest BCUT2D eigenvalue weighted by Gasteiger charge is 2.18. The molecule has 0 radical (unpaired) electrons. The van der Waals surface area contributed by atoms with Crippen LogP contribution in [0.5, 0.6) is 0 Å². The Morgan fingerprint density at radius 3 is 2.25 bits per heavy atom. The van der Waals surface area contributed by atoms with Gasteiger partial charge in [0.15, 0.2) is 0 Å². The van der Waals surface area contributed by atoms with Crippen molar-refractivity contribution in [3.8, 4) is 0 Å². The molecule has 0 aliphatic heterocycles. The zero-order valence-corrected chi connectivity index (χ0v) is 7.79. The monoisotopic (exact) mass is 165 g/mol. The summed E-state index contributed by atoms with van der Waals surface area (Å²) in [5.41, 5.74) is 4.02. The molecule has 0 bridgehead atoms. The first-order valence-corrected chi connectivity index (χ1v) is 4.02. The van der Waals surface area contributed by atoms with Gasteiger partial charge in [-0.2, -0.15) is 5.48 Å². The molecule has 0 spiro atoms. The topological polar surface area (TPSA) is 21.3 Å². The van der Waals surface area contributed by atoms with Crippen molar-refractivity contribution in [3.05, 3.63) is 35.9 Å². The van der Waals surface area contributed by atoms with Crippen LogP contribution < -0.4 is 5.48 Å². The third-order valence-corrected chi connectivity index (χ3v) is 1.85. The van der Waals surface area contributed by atoms with Gasteiger partial charge < -0.3 is 4.84 Å². The van der Waals surface area contributed by atoms with Crippen LogP contribution in [0.4, 0.5) is 0 Å². The van der Waals surface area contributed by atoms with E-state index in [2.05, 4.69) is 31.5 Å². The van der Waals surface area contributed by atoms with Crippen molar-refractivity contribution in [2.75, 3.05) is 7.11 Å². The third kappa shape index (κ3) is 2.06. The lowest BCUT2D eigenvalue weighted by Crippen LogP contribution is -2.35. The molecule has 0 fully saturated rings. The fourth-order valence-corrected chi connectivity index (χ4v) is 1.17. The Morgan fingerprint density at radius 1 is 1.17 bits per heavy atom. The van der Waals surface area contributed by atoms with Crippen molar-refractivity contribution in [3.63, 3.8) is 0 Å².